The van der Waals surface area contributed by atoms with Gasteiger partial charge in [0.25, 0.3) is 0 Å². The molecule has 0 aromatic heterocycles. The average molecular weight is 277 g/mol. The van der Waals surface area contributed by atoms with Crippen LogP contribution in [-0.2, 0) is 0 Å². The monoisotopic (exact) mass is 277 g/mol. The van der Waals surface area contributed by atoms with Crippen molar-refractivity contribution in [3.05, 3.63) is 35.9 Å². The molecule has 0 amide bonds. The number of rotatable bonds is 7. The van der Waals surface area contributed by atoms with Gasteiger partial charge in [-0.15, -0.1) is 0 Å². The zero-order valence-corrected chi connectivity index (χ0v) is 12.9. The van der Waals surface area contributed by atoms with E-state index < -0.39 is 0 Å². The Bertz CT molecular complexity index is 427. The lowest BCUT2D eigenvalue weighted by molar-refractivity contribution is 0.228. The molecule has 20 heavy (non-hydrogen) atoms. The molecule has 0 heterocycles. The lowest BCUT2D eigenvalue weighted by Crippen LogP contribution is -2.37. The van der Waals surface area contributed by atoms with Gasteiger partial charge < -0.3 is 16.3 Å². The summed E-state index contributed by atoms with van der Waals surface area (Å²) in [6.07, 6.45) is 0.495. The summed E-state index contributed by atoms with van der Waals surface area (Å²) >= 11 is 0. The fourth-order valence-corrected chi connectivity index (χ4v) is 1.83. The van der Waals surface area contributed by atoms with Crippen molar-refractivity contribution in [1.29, 1.82) is 0 Å². The summed E-state index contributed by atoms with van der Waals surface area (Å²) in [4.78, 5) is 0. The van der Waals surface area contributed by atoms with Gasteiger partial charge in [-0.3, -0.25) is 0 Å². The van der Waals surface area contributed by atoms with Gasteiger partial charge in [-0.25, -0.2) is 0 Å². The second-order valence-corrected chi connectivity index (χ2v) is 6.28. The largest absolute Gasteiger partial charge is 0.409 e. The van der Waals surface area contributed by atoms with Gasteiger partial charge in [0.2, 0.25) is 0 Å². The zero-order valence-electron chi connectivity index (χ0n) is 12.9. The van der Waals surface area contributed by atoms with E-state index in [2.05, 4.69) is 50.3 Å². The molecular weight excluding hydrogens is 250 g/mol. The van der Waals surface area contributed by atoms with Gasteiger partial charge in [0.1, 0.15) is 5.84 Å². The van der Waals surface area contributed by atoms with E-state index in [0.717, 1.165) is 12.1 Å². The lowest BCUT2D eigenvalue weighted by atomic mass is 9.81. The van der Waals surface area contributed by atoms with E-state index in [1.54, 1.807) is 0 Å². The van der Waals surface area contributed by atoms with E-state index in [9.17, 15) is 0 Å². The molecule has 0 bridgehead atoms. The molecule has 4 heteroatoms. The third-order valence-corrected chi connectivity index (χ3v) is 4.11. The van der Waals surface area contributed by atoms with E-state index in [1.807, 2.05) is 18.2 Å². The molecule has 0 aliphatic carbocycles. The van der Waals surface area contributed by atoms with Crippen molar-refractivity contribution in [1.82, 2.24) is 5.32 Å². The predicted molar refractivity (Wildman–Crippen MR) is 83.8 cm³/mol. The van der Waals surface area contributed by atoms with Gasteiger partial charge >= 0.3 is 0 Å². The van der Waals surface area contributed by atoms with E-state index in [1.165, 1.54) is 0 Å². The average Bonchev–Trinajstić information content (AvgIpc) is 2.43. The van der Waals surface area contributed by atoms with Crippen molar-refractivity contribution in [3.8, 4) is 0 Å². The minimum Gasteiger partial charge on any atom is -0.409 e. The Balaban J connectivity index is 2.79. The number of hydrogen-bond donors (Lipinski definition) is 3. The Morgan fingerprint density at radius 2 is 1.90 bits per heavy atom. The van der Waals surface area contributed by atoms with Crippen molar-refractivity contribution in [2.24, 2.45) is 22.2 Å². The van der Waals surface area contributed by atoms with Crippen molar-refractivity contribution >= 4 is 5.84 Å². The molecule has 0 radical (unpaired) electrons. The minimum atomic E-state index is 0.0603. The van der Waals surface area contributed by atoms with Crippen molar-refractivity contribution in [2.45, 2.75) is 40.2 Å². The molecule has 1 unspecified atom stereocenters. The third-order valence-electron chi connectivity index (χ3n) is 4.11. The van der Waals surface area contributed by atoms with Crippen molar-refractivity contribution < 1.29 is 5.21 Å². The molecule has 1 rings (SSSR count). The number of nitrogens with one attached hydrogen (secondary N) is 1. The Morgan fingerprint density at radius 3 is 2.40 bits per heavy atom. The van der Waals surface area contributed by atoms with Crippen LogP contribution in [0.1, 0.15) is 45.7 Å². The van der Waals surface area contributed by atoms with Gasteiger partial charge in [-0.2, -0.15) is 0 Å². The Hall–Kier alpha value is -1.55. The fraction of sp³-hybridized carbons (Fsp3) is 0.562. The molecule has 1 atom stereocenters. The van der Waals surface area contributed by atoms with E-state index in [4.69, 9.17) is 10.9 Å². The van der Waals surface area contributed by atoms with Crippen molar-refractivity contribution in [2.75, 3.05) is 6.54 Å². The topological polar surface area (TPSA) is 70.6 Å². The summed E-state index contributed by atoms with van der Waals surface area (Å²) < 4.78 is 0. The van der Waals surface area contributed by atoms with Crippen LogP contribution in [0.4, 0.5) is 0 Å². The zero-order chi connectivity index (χ0) is 15.2. The van der Waals surface area contributed by atoms with Crippen LogP contribution in [0.3, 0.4) is 0 Å². The van der Waals surface area contributed by atoms with E-state index in [-0.39, 0.29) is 17.3 Å². The first kappa shape index (κ1) is 16.5. The SMILES string of the molecule is CC(C)C(C)(C)CNC(C/C(N)=N/O)c1ccccc1. The third kappa shape index (κ3) is 4.85. The highest BCUT2D eigenvalue weighted by Gasteiger charge is 2.24. The van der Waals surface area contributed by atoms with Crippen LogP contribution in [0.2, 0.25) is 0 Å². The molecule has 0 aliphatic heterocycles. The van der Waals surface area contributed by atoms with Crippen LogP contribution in [0.15, 0.2) is 35.5 Å². The summed E-state index contributed by atoms with van der Waals surface area (Å²) in [6.45, 7) is 9.82. The first-order chi connectivity index (χ1) is 9.36. The number of oxime groups is 1. The van der Waals surface area contributed by atoms with Crippen LogP contribution >= 0.6 is 0 Å². The summed E-state index contributed by atoms with van der Waals surface area (Å²) in [5.41, 5.74) is 7.01. The molecule has 1 aromatic rings. The molecular formula is C16H27N3O. The maximum absolute atomic E-state index is 8.78. The highest BCUT2D eigenvalue weighted by molar-refractivity contribution is 5.80. The molecule has 0 saturated carbocycles. The summed E-state index contributed by atoms with van der Waals surface area (Å²) in [5, 5.41) is 15.4. The number of hydrogen-bond acceptors (Lipinski definition) is 3. The van der Waals surface area contributed by atoms with Gasteiger partial charge in [0, 0.05) is 19.0 Å². The maximum Gasteiger partial charge on any atom is 0.141 e. The molecule has 4 N–H and O–H groups in total. The normalized spacial score (nSPS) is 14.6. The number of benzene rings is 1. The second kappa shape index (κ2) is 7.29. The van der Waals surface area contributed by atoms with Gasteiger partial charge in [0.15, 0.2) is 0 Å². The minimum absolute atomic E-state index is 0.0603. The number of nitrogens with zero attached hydrogens (tertiary/aromatic N) is 1. The Labute approximate surface area is 122 Å². The lowest BCUT2D eigenvalue weighted by Gasteiger charge is -2.32. The van der Waals surface area contributed by atoms with E-state index in [0.29, 0.717) is 12.3 Å². The number of amidine groups is 1. The van der Waals surface area contributed by atoms with Crippen LogP contribution in [0, 0.1) is 11.3 Å². The molecule has 112 valence electrons. The quantitative estimate of drug-likeness (QED) is 0.310. The molecule has 0 fully saturated rings. The molecule has 0 aliphatic rings. The van der Waals surface area contributed by atoms with Crippen LogP contribution < -0.4 is 11.1 Å². The predicted octanol–water partition coefficient (Wildman–Crippen LogP) is 3.14. The highest BCUT2D eigenvalue weighted by Crippen LogP contribution is 2.26. The summed E-state index contributed by atoms with van der Waals surface area (Å²) in [6, 6.07) is 10.2. The molecule has 4 nitrogen and oxygen atoms in total. The van der Waals surface area contributed by atoms with Crippen LogP contribution in [0.25, 0.3) is 0 Å². The fourth-order valence-electron chi connectivity index (χ4n) is 1.83. The van der Waals surface area contributed by atoms with Gasteiger partial charge in [-0.05, 0) is 16.9 Å². The molecule has 0 saturated heterocycles. The van der Waals surface area contributed by atoms with Gasteiger partial charge in [0.05, 0.1) is 0 Å². The highest BCUT2D eigenvalue weighted by atomic mass is 16.4. The standard InChI is InChI=1S/C16H27N3O/c1-12(2)16(3,4)11-18-14(10-15(17)19-20)13-8-6-5-7-9-13/h5-9,12,14,18,20H,10-11H2,1-4H3,(H2,17,19). The Morgan fingerprint density at radius 1 is 1.30 bits per heavy atom. The molecule has 0 spiro atoms. The van der Waals surface area contributed by atoms with Crippen molar-refractivity contribution in [3.63, 3.8) is 0 Å². The van der Waals surface area contributed by atoms with Gasteiger partial charge in [-0.1, -0.05) is 63.2 Å². The van der Waals surface area contributed by atoms with E-state index >= 15 is 0 Å². The smallest absolute Gasteiger partial charge is 0.141 e. The first-order valence-corrected chi connectivity index (χ1v) is 7.11. The summed E-state index contributed by atoms with van der Waals surface area (Å²) in [5.74, 6) is 0.823. The second-order valence-electron chi connectivity index (χ2n) is 6.28. The van der Waals surface area contributed by atoms with Crippen LogP contribution in [0.5, 0.6) is 0 Å². The molecule has 1 aromatic carbocycles. The Kier molecular flexibility index (Phi) is 6.02. The summed E-state index contributed by atoms with van der Waals surface area (Å²) in [7, 11) is 0. The first-order valence-electron chi connectivity index (χ1n) is 7.11. The van der Waals surface area contributed by atoms with Crippen LogP contribution in [-0.4, -0.2) is 17.6 Å². The number of nitrogens with two attached hydrogens (primary N) is 1. The maximum atomic E-state index is 8.78.